The van der Waals surface area contributed by atoms with Gasteiger partial charge < -0.3 is 9.80 Å². The molecular formula is C14H19F3N4O2. The molecule has 1 atom stereocenters. The number of nitrogens with zero attached hydrogens (tertiary/aromatic N) is 4. The third-order valence-corrected chi connectivity index (χ3v) is 3.89. The molecule has 2 amide bonds. The number of carbonyl (C=O) groups excluding carboxylic acids is 2. The lowest BCUT2D eigenvalue weighted by atomic mass is 10.1. The molecule has 1 aliphatic rings. The number of hydrogen-bond donors (Lipinski definition) is 0. The second-order valence-electron chi connectivity index (χ2n) is 5.71. The molecule has 23 heavy (non-hydrogen) atoms. The van der Waals surface area contributed by atoms with Gasteiger partial charge in [-0.2, -0.15) is 18.3 Å². The van der Waals surface area contributed by atoms with Gasteiger partial charge in [0.15, 0.2) is 0 Å². The summed E-state index contributed by atoms with van der Waals surface area (Å²) in [5.41, 5.74) is 0.894. The number of likely N-dealkylation sites (tertiary alicyclic amines) is 1. The number of likely N-dealkylation sites (N-methyl/N-ethyl adjacent to an activating group) is 1. The van der Waals surface area contributed by atoms with Crippen LogP contribution in [0.1, 0.15) is 18.4 Å². The van der Waals surface area contributed by atoms with Gasteiger partial charge in [0.05, 0.1) is 6.20 Å². The quantitative estimate of drug-likeness (QED) is 0.807. The highest BCUT2D eigenvalue weighted by Gasteiger charge is 2.41. The van der Waals surface area contributed by atoms with Crippen molar-refractivity contribution in [2.75, 3.05) is 20.1 Å². The lowest BCUT2D eigenvalue weighted by Crippen LogP contribution is -2.44. The summed E-state index contributed by atoms with van der Waals surface area (Å²) in [5.74, 6) is -0.902. The van der Waals surface area contributed by atoms with E-state index in [4.69, 9.17) is 0 Å². The van der Waals surface area contributed by atoms with Gasteiger partial charge >= 0.3 is 6.18 Å². The number of hydrogen-bond acceptors (Lipinski definition) is 3. The smallest absolute Gasteiger partial charge is 0.334 e. The van der Waals surface area contributed by atoms with Gasteiger partial charge in [0, 0.05) is 33.3 Å². The minimum atomic E-state index is -4.42. The summed E-state index contributed by atoms with van der Waals surface area (Å²) in [4.78, 5) is 26.2. The van der Waals surface area contributed by atoms with Gasteiger partial charge in [-0.05, 0) is 18.4 Å². The highest BCUT2D eigenvalue weighted by atomic mass is 19.4. The maximum atomic E-state index is 12.4. The first-order valence-electron chi connectivity index (χ1n) is 7.26. The Balaban J connectivity index is 1.88. The number of aromatic nitrogens is 2. The zero-order chi connectivity index (χ0) is 17.2. The van der Waals surface area contributed by atoms with Crippen molar-refractivity contribution < 1.29 is 22.8 Å². The molecule has 1 fully saturated rings. The van der Waals surface area contributed by atoms with Crippen LogP contribution in [-0.2, 0) is 23.1 Å². The van der Waals surface area contributed by atoms with E-state index in [-0.39, 0.29) is 25.3 Å². The lowest BCUT2D eigenvalue weighted by molar-refractivity contribution is -0.159. The minimum absolute atomic E-state index is 0.0171. The van der Waals surface area contributed by atoms with Crippen LogP contribution in [0.4, 0.5) is 13.2 Å². The molecule has 2 rings (SSSR count). The molecule has 9 heteroatoms. The van der Waals surface area contributed by atoms with Crippen LogP contribution in [0.2, 0.25) is 0 Å². The molecule has 0 N–H and O–H groups in total. The molecule has 0 unspecified atom stereocenters. The van der Waals surface area contributed by atoms with Gasteiger partial charge in [-0.15, -0.1) is 0 Å². The maximum Gasteiger partial charge on any atom is 0.406 e. The fraction of sp³-hybridized carbons (Fsp3) is 0.643. The fourth-order valence-electron chi connectivity index (χ4n) is 2.66. The lowest BCUT2D eigenvalue weighted by Gasteiger charge is -2.24. The van der Waals surface area contributed by atoms with Crippen LogP contribution in [0.25, 0.3) is 0 Å². The highest BCUT2D eigenvalue weighted by molar-refractivity contribution is 5.89. The van der Waals surface area contributed by atoms with Crippen LogP contribution in [0.15, 0.2) is 12.4 Å². The molecule has 0 radical (unpaired) electrons. The van der Waals surface area contributed by atoms with Gasteiger partial charge in [0.2, 0.25) is 11.8 Å². The Labute approximate surface area is 131 Å². The average molecular weight is 332 g/mol. The second-order valence-corrected chi connectivity index (χ2v) is 5.71. The number of aryl methyl sites for hydroxylation is 2. The van der Waals surface area contributed by atoms with Crippen molar-refractivity contribution in [2.45, 2.75) is 31.5 Å². The van der Waals surface area contributed by atoms with Gasteiger partial charge in [-0.1, -0.05) is 0 Å². The Morgan fingerprint density at radius 3 is 2.74 bits per heavy atom. The number of alkyl halides is 3. The molecule has 1 saturated heterocycles. The predicted octanol–water partition coefficient (Wildman–Crippen LogP) is 0.974. The summed E-state index contributed by atoms with van der Waals surface area (Å²) in [6, 6.07) is -0.807. The molecule has 128 valence electrons. The summed E-state index contributed by atoms with van der Waals surface area (Å²) in [6.07, 6.45) is -0.0922. The molecule has 1 aromatic rings. The average Bonchev–Trinajstić information content (AvgIpc) is 3.01. The molecule has 0 bridgehead atoms. The normalized spacial score (nSPS) is 18.6. The molecule has 0 spiro atoms. The molecule has 0 aromatic carbocycles. The monoisotopic (exact) mass is 332 g/mol. The Hall–Kier alpha value is -2.06. The third kappa shape index (κ3) is 4.46. The predicted molar refractivity (Wildman–Crippen MR) is 75.3 cm³/mol. The molecular weight excluding hydrogens is 313 g/mol. The van der Waals surface area contributed by atoms with E-state index in [2.05, 4.69) is 5.10 Å². The van der Waals surface area contributed by atoms with Crippen LogP contribution in [-0.4, -0.2) is 63.7 Å². The van der Waals surface area contributed by atoms with E-state index in [0.29, 0.717) is 6.42 Å². The van der Waals surface area contributed by atoms with Crippen LogP contribution < -0.4 is 0 Å². The summed E-state index contributed by atoms with van der Waals surface area (Å²) < 4.78 is 38.8. The van der Waals surface area contributed by atoms with Crippen molar-refractivity contribution in [1.29, 1.82) is 0 Å². The van der Waals surface area contributed by atoms with Gasteiger partial charge in [0.25, 0.3) is 0 Å². The van der Waals surface area contributed by atoms with Gasteiger partial charge in [-0.25, -0.2) is 0 Å². The van der Waals surface area contributed by atoms with Crippen LogP contribution in [0.5, 0.6) is 0 Å². The van der Waals surface area contributed by atoms with E-state index in [0.717, 1.165) is 10.5 Å². The first kappa shape index (κ1) is 17.3. The number of rotatable bonds is 5. The Morgan fingerprint density at radius 2 is 2.17 bits per heavy atom. The molecule has 0 aliphatic carbocycles. The largest absolute Gasteiger partial charge is 0.406 e. The zero-order valence-corrected chi connectivity index (χ0v) is 13.0. The van der Waals surface area contributed by atoms with E-state index in [9.17, 15) is 22.8 Å². The Kier molecular flexibility index (Phi) is 4.96. The van der Waals surface area contributed by atoms with Crippen LogP contribution >= 0.6 is 0 Å². The van der Waals surface area contributed by atoms with Crippen molar-refractivity contribution in [2.24, 2.45) is 7.05 Å². The topological polar surface area (TPSA) is 58.4 Å². The van der Waals surface area contributed by atoms with E-state index in [1.54, 1.807) is 24.1 Å². The molecule has 1 aromatic heterocycles. The highest BCUT2D eigenvalue weighted by Crippen LogP contribution is 2.23. The molecule has 2 heterocycles. The van der Waals surface area contributed by atoms with Crippen molar-refractivity contribution in [3.05, 3.63) is 18.0 Å². The molecule has 6 nitrogen and oxygen atoms in total. The van der Waals surface area contributed by atoms with Crippen LogP contribution in [0, 0.1) is 0 Å². The Bertz CT molecular complexity index is 585. The van der Waals surface area contributed by atoms with Crippen LogP contribution in [0.3, 0.4) is 0 Å². The summed E-state index contributed by atoms with van der Waals surface area (Å²) in [7, 11) is 3.23. The summed E-state index contributed by atoms with van der Waals surface area (Å²) in [5, 5.41) is 4.00. The van der Waals surface area contributed by atoms with E-state index >= 15 is 0 Å². The molecule has 0 saturated carbocycles. The Morgan fingerprint density at radius 1 is 1.48 bits per heavy atom. The van der Waals surface area contributed by atoms with E-state index in [1.165, 1.54) is 11.9 Å². The maximum absolute atomic E-state index is 12.4. The zero-order valence-electron chi connectivity index (χ0n) is 13.0. The van der Waals surface area contributed by atoms with Crippen molar-refractivity contribution in [3.8, 4) is 0 Å². The van der Waals surface area contributed by atoms with Crippen molar-refractivity contribution in [3.63, 3.8) is 0 Å². The molecule has 1 aliphatic heterocycles. The van der Waals surface area contributed by atoms with Gasteiger partial charge in [0.1, 0.15) is 12.6 Å². The first-order chi connectivity index (χ1) is 10.7. The number of halogens is 3. The van der Waals surface area contributed by atoms with E-state index < -0.39 is 24.7 Å². The first-order valence-corrected chi connectivity index (χ1v) is 7.26. The second kappa shape index (κ2) is 6.59. The number of amides is 2. The number of carbonyl (C=O) groups is 2. The standard InChI is InChI=1S/C14H19F3N4O2/c1-19-8-10(7-18-19)3-4-12(22)20(2)11-5-6-21(13(11)23)9-14(15,16)17/h7-8,11H,3-6,9H2,1-2H3/t11-/m1/s1. The minimum Gasteiger partial charge on any atom is -0.334 e. The van der Waals surface area contributed by atoms with E-state index in [1.807, 2.05) is 0 Å². The third-order valence-electron chi connectivity index (χ3n) is 3.89. The summed E-state index contributed by atoms with van der Waals surface area (Å²) in [6.45, 7) is -1.25. The van der Waals surface area contributed by atoms with Crippen molar-refractivity contribution in [1.82, 2.24) is 19.6 Å². The van der Waals surface area contributed by atoms with Crippen molar-refractivity contribution >= 4 is 11.8 Å². The fourth-order valence-corrected chi connectivity index (χ4v) is 2.66. The van der Waals surface area contributed by atoms with Gasteiger partial charge in [-0.3, -0.25) is 14.3 Å². The summed E-state index contributed by atoms with van der Waals surface area (Å²) >= 11 is 0. The SMILES string of the molecule is CN(C(=O)CCc1cnn(C)c1)[C@@H]1CCN(CC(F)(F)F)C1=O.